The highest BCUT2D eigenvalue weighted by molar-refractivity contribution is 5.64. The van der Waals surface area contributed by atoms with Gasteiger partial charge in [-0.05, 0) is 49.9 Å². The first-order valence-corrected chi connectivity index (χ1v) is 13.0. The molecule has 0 radical (unpaired) electrons. The third kappa shape index (κ3) is 5.36. The van der Waals surface area contributed by atoms with Gasteiger partial charge in [-0.15, -0.1) is 0 Å². The Kier molecular flexibility index (Phi) is 6.86. The molecule has 2 aromatic heterocycles. The Balaban J connectivity index is 1.07. The molecule has 9 nitrogen and oxygen atoms in total. The van der Waals surface area contributed by atoms with Crippen LogP contribution in [0.15, 0.2) is 48.8 Å². The van der Waals surface area contributed by atoms with Gasteiger partial charge in [0.05, 0.1) is 24.6 Å². The maximum absolute atomic E-state index is 15.0. The molecular weight excluding hydrogens is 471 g/mol. The third-order valence-electron chi connectivity index (χ3n) is 7.58. The summed E-state index contributed by atoms with van der Waals surface area (Å²) in [5.41, 5.74) is 2.93. The zero-order chi connectivity index (χ0) is 25.2. The van der Waals surface area contributed by atoms with Gasteiger partial charge in [-0.3, -0.25) is 9.80 Å². The smallest absolute Gasteiger partial charge is 0.227 e. The summed E-state index contributed by atoms with van der Waals surface area (Å²) in [5.74, 6) is 1.02. The topological polar surface area (TPSA) is 81.7 Å². The summed E-state index contributed by atoms with van der Waals surface area (Å²) in [6, 6.07) is 12.0. The highest BCUT2D eigenvalue weighted by atomic mass is 19.1. The van der Waals surface area contributed by atoms with Crippen molar-refractivity contribution in [2.75, 3.05) is 75.1 Å². The van der Waals surface area contributed by atoms with Gasteiger partial charge in [0.2, 0.25) is 5.95 Å². The van der Waals surface area contributed by atoms with Gasteiger partial charge >= 0.3 is 0 Å². The van der Waals surface area contributed by atoms with Crippen molar-refractivity contribution in [2.24, 2.45) is 0 Å². The van der Waals surface area contributed by atoms with Crippen LogP contribution in [0.3, 0.4) is 0 Å². The van der Waals surface area contributed by atoms with Crippen LogP contribution >= 0.6 is 0 Å². The lowest BCUT2D eigenvalue weighted by atomic mass is 10.2. The Morgan fingerprint density at radius 2 is 1.95 bits per heavy atom. The molecule has 3 saturated heterocycles. The lowest BCUT2D eigenvalue weighted by molar-refractivity contribution is 0.0398. The van der Waals surface area contributed by atoms with E-state index in [1.807, 2.05) is 30.3 Å². The van der Waals surface area contributed by atoms with E-state index in [0.29, 0.717) is 29.4 Å². The Labute approximate surface area is 216 Å². The fourth-order valence-corrected chi connectivity index (χ4v) is 5.50. The zero-order valence-electron chi connectivity index (χ0n) is 21.1. The third-order valence-corrected chi connectivity index (χ3v) is 7.58. The normalized spacial score (nSPS) is 21.9. The molecule has 5 heterocycles. The number of pyridine rings is 1. The first-order chi connectivity index (χ1) is 18.1. The standard InChI is InChI=1S/C27H33FN8O/c1-34-17-22-15-21(34)18-36(22)25-4-3-20(14-23(25)28)32-27-30-7-6-24(33-27)19-2-5-26(31-16-19)29-8-9-35-10-12-37-13-11-35/h2-7,14,16,21-22H,8-13,15,17-18H2,1H3,(H,29,31)(H,30,32,33). The number of aromatic nitrogens is 3. The van der Waals surface area contributed by atoms with Crippen molar-refractivity contribution in [3.8, 4) is 11.3 Å². The molecule has 2 unspecified atom stereocenters. The molecule has 0 spiro atoms. The average Bonchev–Trinajstić information content (AvgIpc) is 3.50. The van der Waals surface area contributed by atoms with E-state index in [2.05, 4.69) is 47.3 Å². The van der Waals surface area contributed by atoms with Gasteiger partial charge in [0.15, 0.2) is 0 Å². The molecule has 2 bridgehead atoms. The number of morpholine rings is 1. The van der Waals surface area contributed by atoms with Crippen molar-refractivity contribution in [2.45, 2.75) is 18.5 Å². The van der Waals surface area contributed by atoms with Crippen molar-refractivity contribution in [1.82, 2.24) is 24.8 Å². The van der Waals surface area contributed by atoms with E-state index in [9.17, 15) is 0 Å². The number of ether oxygens (including phenoxy) is 1. The molecule has 0 saturated carbocycles. The van der Waals surface area contributed by atoms with Crippen LogP contribution in [-0.4, -0.2) is 96.4 Å². The number of likely N-dealkylation sites (tertiary alicyclic amines) is 1. The number of hydrogen-bond acceptors (Lipinski definition) is 9. The molecule has 2 atom stereocenters. The number of rotatable bonds is 8. The van der Waals surface area contributed by atoms with Crippen LogP contribution in [0, 0.1) is 5.82 Å². The number of halogens is 1. The van der Waals surface area contributed by atoms with Crippen LogP contribution in [0.5, 0.6) is 0 Å². The maximum Gasteiger partial charge on any atom is 0.227 e. The maximum atomic E-state index is 15.0. The van der Waals surface area contributed by atoms with Gasteiger partial charge in [0, 0.05) is 75.0 Å². The Morgan fingerprint density at radius 1 is 1.05 bits per heavy atom. The van der Waals surface area contributed by atoms with E-state index < -0.39 is 0 Å². The molecule has 2 N–H and O–H groups in total. The number of nitrogens with zero attached hydrogens (tertiary/aromatic N) is 6. The molecule has 3 aliphatic rings. The van der Waals surface area contributed by atoms with Crippen LogP contribution in [0.4, 0.5) is 27.5 Å². The van der Waals surface area contributed by atoms with Gasteiger partial charge in [-0.2, -0.15) is 0 Å². The molecule has 194 valence electrons. The molecule has 6 rings (SSSR count). The number of piperazine rings is 1. The number of benzene rings is 1. The summed E-state index contributed by atoms with van der Waals surface area (Å²) in [4.78, 5) is 20.4. The van der Waals surface area contributed by atoms with Gasteiger partial charge in [0.1, 0.15) is 11.6 Å². The lowest BCUT2D eigenvalue weighted by Gasteiger charge is -2.33. The van der Waals surface area contributed by atoms with Gasteiger partial charge in [-0.1, -0.05) is 0 Å². The molecule has 3 aromatic rings. The molecule has 1 aromatic carbocycles. The summed E-state index contributed by atoms with van der Waals surface area (Å²) >= 11 is 0. The summed E-state index contributed by atoms with van der Waals surface area (Å²) < 4.78 is 20.4. The first-order valence-electron chi connectivity index (χ1n) is 13.0. The molecule has 0 amide bonds. The number of likely N-dealkylation sites (N-methyl/N-ethyl adjacent to an activating group) is 1. The van der Waals surface area contributed by atoms with Crippen molar-refractivity contribution in [3.05, 3.63) is 54.6 Å². The summed E-state index contributed by atoms with van der Waals surface area (Å²) in [7, 11) is 2.15. The van der Waals surface area contributed by atoms with E-state index in [1.54, 1.807) is 12.4 Å². The van der Waals surface area contributed by atoms with E-state index in [4.69, 9.17) is 4.74 Å². The quantitative estimate of drug-likeness (QED) is 0.481. The van der Waals surface area contributed by atoms with Crippen LogP contribution in [0.1, 0.15) is 6.42 Å². The zero-order valence-corrected chi connectivity index (χ0v) is 21.1. The molecule has 0 aliphatic carbocycles. The molecule has 10 heteroatoms. The molecule has 3 fully saturated rings. The number of nitrogens with one attached hydrogen (secondary N) is 2. The number of fused-ring (bicyclic) bond motifs is 2. The van der Waals surface area contributed by atoms with Crippen LogP contribution in [0.2, 0.25) is 0 Å². The van der Waals surface area contributed by atoms with Crippen LogP contribution < -0.4 is 15.5 Å². The van der Waals surface area contributed by atoms with E-state index >= 15 is 4.39 Å². The minimum absolute atomic E-state index is 0.225. The summed E-state index contributed by atoms with van der Waals surface area (Å²) in [5, 5.41) is 6.52. The summed E-state index contributed by atoms with van der Waals surface area (Å²) in [6.45, 7) is 7.24. The summed E-state index contributed by atoms with van der Waals surface area (Å²) in [6.07, 6.45) is 4.61. The van der Waals surface area contributed by atoms with Gasteiger partial charge < -0.3 is 20.3 Å². The second-order valence-electron chi connectivity index (χ2n) is 10.0. The van der Waals surface area contributed by atoms with Crippen molar-refractivity contribution >= 4 is 23.1 Å². The second-order valence-corrected chi connectivity index (χ2v) is 10.0. The number of anilines is 4. The first kappa shape index (κ1) is 24.0. The fourth-order valence-electron chi connectivity index (χ4n) is 5.50. The highest BCUT2D eigenvalue weighted by Crippen LogP contribution is 2.35. The van der Waals surface area contributed by atoms with Crippen molar-refractivity contribution in [1.29, 1.82) is 0 Å². The van der Waals surface area contributed by atoms with Crippen LogP contribution in [-0.2, 0) is 4.74 Å². The molecule has 37 heavy (non-hydrogen) atoms. The number of hydrogen-bond donors (Lipinski definition) is 2. The van der Waals surface area contributed by atoms with Crippen molar-refractivity contribution < 1.29 is 9.13 Å². The van der Waals surface area contributed by atoms with E-state index in [-0.39, 0.29) is 5.82 Å². The average molecular weight is 505 g/mol. The Morgan fingerprint density at radius 3 is 2.68 bits per heavy atom. The largest absolute Gasteiger partial charge is 0.379 e. The van der Waals surface area contributed by atoms with E-state index in [0.717, 1.165) is 76.0 Å². The minimum Gasteiger partial charge on any atom is -0.379 e. The minimum atomic E-state index is -0.225. The van der Waals surface area contributed by atoms with Gasteiger partial charge in [0.25, 0.3) is 0 Å². The van der Waals surface area contributed by atoms with Crippen LogP contribution in [0.25, 0.3) is 11.3 Å². The predicted molar refractivity (Wildman–Crippen MR) is 143 cm³/mol. The molecule has 3 aliphatic heterocycles. The Hall–Kier alpha value is -3.34. The van der Waals surface area contributed by atoms with Gasteiger partial charge in [-0.25, -0.2) is 19.3 Å². The highest BCUT2D eigenvalue weighted by Gasteiger charge is 2.42. The monoisotopic (exact) mass is 504 g/mol. The van der Waals surface area contributed by atoms with Crippen molar-refractivity contribution in [3.63, 3.8) is 0 Å². The molecular formula is C27H33FN8O. The second kappa shape index (κ2) is 10.6. The fraction of sp³-hybridized carbons (Fsp3) is 0.444. The lowest BCUT2D eigenvalue weighted by Crippen LogP contribution is -2.44. The SMILES string of the molecule is CN1CC2CC1CN2c1ccc(Nc2nccc(-c3ccc(NCCN4CCOCC4)nc3)n2)cc1F. The predicted octanol–water partition coefficient (Wildman–Crippen LogP) is 3.06. The Bertz CT molecular complexity index is 1220. The van der Waals surface area contributed by atoms with E-state index in [1.165, 1.54) is 6.07 Å².